The van der Waals surface area contributed by atoms with Crippen molar-refractivity contribution >= 4 is 21.0 Å². The van der Waals surface area contributed by atoms with Crippen LogP contribution in [-0.4, -0.2) is 27.8 Å². The summed E-state index contributed by atoms with van der Waals surface area (Å²) in [5.74, 6) is 0. The smallest absolute Gasteiger partial charge is 0.249 e. The lowest BCUT2D eigenvalue weighted by molar-refractivity contribution is 0.142. The second-order valence-electron chi connectivity index (χ2n) is 0.407. The molecule has 0 unspecified atom stereocenters. The van der Waals surface area contributed by atoms with Gasteiger partial charge in [0.2, 0.25) is 21.0 Å². The maximum Gasteiger partial charge on any atom is 0.249 e. The average Bonchev–Trinajstić information content (AvgIpc) is 1.41. The van der Waals surface area contributed by atoms with Crippen LogP contribution in [0.5, 0.6) is 0 Å². The van der Waals surface area contributed by atoms with E-state index in [0.29, 0.717) is 0 Å². The first-order valence-corrected chi connectivity index (χ1v) is 1.80. The molecule has 2 nitrogen and oxygen atoms in total. The normalized spacial score (nSPS) is 8.40. The third-order valence-corrected chi connectivity index (χ3v) is 0.354. The van der Waals surface area contributed by atoms with Crippen LogP contribution in [0.4, 0.5) is 0 Å². The first-order valence-electron chi connectivity index (χ1n) is 0.986. The number of hydrogen-bond donors (Lipinski definition) is 0. The summed E-state index contributed by atoms with van der Waals surface area (Å²) in [5.41, 5.74) is 0. The molecule has 0 heterocycles. The van der Waals surface area contributed by atoms with Crippen LogP contribution >= 0.6 is 0 Å². The lowest BCUT2D eigenvalue weighted by Crippen LogP contribution is -1.90. The molecule has 0 bridgehead atoms. The van der Waals surface area contributed by atoms with E-state index in [0.717, 1.165) is 0 Å². The Labute approximate surface area is 37.6 Å². The van der Waals surface area contributed by atoms with E-state index in [1.54, 1.807) is 0 Å². The van der Waals surface area contributed by atoms with Gasteiger partial charge in [-0.05, 0) is 0 Å². The Morgan fingerprint density at radius 2 is 1.60 bits per heavy atom. The standard InChI is InChI=1S/CH2O2Si2/c4-2-1-3-5/h1H2. The van der Waals surface area contributed by atoms with E-state index in [1.165, 1.54) is 0 Å². The monoisotopic (exact) mass is 102 g/mol. The molecule has 0 saturated carbocycles. The van der Waals surface area contributed by atoms with Crippen molar-refractivity contribution < 1.29 is 8.85 Å². The van der Waals surface area contributed by atoms with Crippen molar-refractivity contribution in [2.45, 2.75) is 0 Å². The summed E-state index contributed by atoms with van der Waals surface area (Å²) in [6, 6.07) is 0. The maximum absolute atomic E-state index is 4.23. The second kappa shape index (κ2) is 4.35. The molecule has 4 heteroatoms. The van der Waals surface area contributed by atoms with Crippen molar-refractivity contribution in [1.29, 1.82) is 0 Å². The molecule has 0 fully saturated rings. The van der Waals surface area contributed by atoms with Crippen LogP contribution in [0.15, 0.2) is 0 Å². The third kappa shape index (κ3) is 4.35. The molecular weight excluding hydrogens is 100 g/mol. The van der Waals surface area contributed by atoms with Crippen molar-refractivity contribution in [1.82, 2.24) is 0 Å². The molecule has 5 heavy (non-hydrogen) atoms. The van der Waals surface area contributed by atoms with Gasteiger partial charge in [-0.15, -0.1) is 0 Å². The van der Waals surface area contributed by atoms with Crippen LogP contribution in [0, 0.1) is 0 Å². The van der Waals surface area contributed by atoms with Gasteiger partial charge in [-0.2, -0.15) is 0 Å². The summed E-state index contributed by atoms with van der Waals surface area (Å²) < 4.78 is 8.45. The van der Waals surface area contributed by atoms with E-state index >= 15 is 0 Å². The highest BCUT2D eigenvalue weighted by molar-refractivity contribution is 5.99. The van der Waals surface area contributed by atoms with E-state index < -0.39 is 0 Å². The zero-order valence-electron chi connectivity index (χ0n) is 2.52. The van der Waals surface area contributed by atoms with Gasteiger partial charge in [0, 0.05) is 0 Å². The number of hydrogen-bond acceptors (Lipinski definition) is 2. The van der Waals surface area contributed by atoms with Crippen molar-refractivity contribution in [2.24, 2.45) is 0 Å². The minimum absolute atomic E-state index is 0.216. The fourth-order valence-corrected chi connectivity index (χ4v) is 0.265. The average molecular weight is 102 g/mol. The van der Waals surface area contributed by atoms with Crippen LogP contribution in [0.2, 0.25) is 0 Å². The highest BCUT2D eigenvalue weighted by atomic mass is 28.2. The Hall–Kier alpha value is 0.354. The van der Waals surface area contributed by atoms with E-state index in [2.05, 4.69) is 29.8 Å². The Morgan fingerprint density at radius 3 is 1.60 bits per heavy atom. The topological polar surface area (TPSA) is 18.5 Å². The van der Waals surface area contributed by atoms with Crippen LogP contribution < -0.4 is 0 Å². The molecule has 0 saturated heterocycles. The third-order valence-electron chi connectivity index (χ3n) is 0.118. The molecule has 0 spiro atoms. The molecule has 0 amide bonds. The first kappa shape index (κ1) is 5.35. The molecule has 6 radical (unpaired) electrons. The summed E-state index contributed by atoms with van der Waals surface area (Å²) in [6.45, 7) is 0.216. The quantitative estimate of drug-likeness (QED) is 0.334. The van der Waals surface area contributed by atoms with Gasteiger partial charge in [-0.1, -0.05) is 0 Å². The van der Waals surface area contributed by atoms with Gasteiger partial charge in [-0.3, -0.25) is 0 Å². The molecule has 0 atom stereocenters. The van der Waals surface area contributed by atoms with Crippen molar-refractivity contribution in [2.75, 3.05) is 6.79 Å². The summed E-state index contributed by atoms with van der Waals surface area (Å²) in [5, 5.41) is 0. The maximum atomic E-state index is 4.23. The van der Waals surface area contributed by atoms with Crippen LogP contribution in [0.25, 0.3) is 0 Å². The summed E-state index contributed by atoms with van der Waals surface area (Å²) in [6.07, 6.45) is 0. The Bertz CT molecular complexity index is 15.1. The van der Waals surface area contributed by atoms with E-state index in [4.69, 9.17) is 0 Å². The first-order chi connectivity index (χ1) is 2.41. The van der Waals surface area contributed by atoms with Crippen LogP contribution in [0.1, 0.15) is 0 Å². The molecule has 0 aliphatic carbocycles. The Morgan fingerprint density at radius 1 is 1.20 bits per heavy atom. The molecular formula is CH2O2Si2. The minimum Gasteiger partial charge on any atom is -0.397 e. The van der Waals surface area contributed by atoms with Gasteiger partial charge in [0.25, 0.3) is 0 Å². The molecule has 26 valence electrons. The predicted octanol–water partition coefficient (Wildman–Crippen LogP) is -0.856. The fourth-order valence-electron chi connectivity index (χ4n) is 0.0295. The molecule has 0 aromatic rings. The van der Waals surface area contributed by atoms with Crippen molar-refractivity contribution in [3.05, 3.63) is 0 Å². The molecule has 0 aliphatic rings. The van der Waals surface area contributed by atoms with Gasteiger partial charge in [-0.25, -0.2) is 0 Å². The molecule has 0 aliphatic heterocycles. The Balaban J connectivity index is 2.19. The lowest BCUT2D eigenvalue weighted by Gasteiger charge is -1.87. The second-order valence-corrected chi connectivity index (χ2v) is 0.984. The molecule has 0 aromatic heterocycles. The zero-order valence-corrected chi connectivity index (χ0v) is 4.52. The summed E-state index contributed by atoms with van der Waals surface area (Å²) >= 11 is 0. The largest absolute Gasteiger partial charge is 0.397 e. The summed E-state index contributed by atoms with van der Waals surface area (Å²) in [4.78, 5) is 0. The van der Waals surface area contributed by atoms with Crippen LogP contribution in [0.3, 0.4) is 0 Å². The lowest BCUT2D eigenvalue weighted by atomic mass is 11.6. The highest BCUT2D eigenvalue weighted by Gasteiger charge is 1.64. The van der Waals surface area contributed by atoms with Gasteiger partial charge in [0.15, 0.2) is 0 Å². The Kier molecular flexibility index (Phi) is 4.66. The summed E-state index contributed by atoms with van der Waals surface area (Å²) in [7, 11) is 5.39. The highest BCUT2D eigenvalue weighted by Crippen LogP contribution is 1.57. The molecule has 0 rings (SSSR count). The van der Waals surface area contributed by atoms with Gasteiger partial charge in [0.05, 0.1) is 0 Å². The van der Waals surface area contributed by atoms with E-state index in [9.17, 15) is 0 Å². The molecule has 0 N–H and O–H groups in total. The van der Waals surface area contributed by atoms with E-state index in [1.807, 2.05) is 0 Å². The number of rotatable bonds is 2. The van der Waals surface area contributed by atoms with Gasteiger partial charge >= 0.3 is 0 Å². The molecule has 0 aromatic carbocycles. The SMILES string of the molecule is [Si]OCO[Si]. The van der Waals surface area contributed by atoms with Crippen LogP contribution in [-0.2, 0) is 8.85 Å². The fraction of sp³-hybridized carbons (Fsp3) is 1.00. The predicted molar refractivity (Wildman–Crippen MR) is 18.5 cm³/mol. The minimum atomic E-state index is 0.216. The van der Waals surface area contributed by atoms with Crippen molar-refractivity contribution in [3.8, 4) is 0 Å². The van der Waals surface area contributed by atoms with Gasteiger partial charge in [0.1, 0.15) is 6.79 Å². The van der Waals surface area contributed by atoms with E-state index in [-0.39, 0.29) is 6.79 Å². The van der Waals surface area contributed by atoms with Gasteiger partial charge < -0.3 is 8.85 Å². The van der Waals surface area contributed by atoms with Crippen molar-refractivity contribution in [3.63, 3.8) is 0 Å². The zero-order chi connectivity index (χ0) is 4.12.